The van der Waals surface area contributed by atoms with Gasteiger partial charge in [0.25, 0.3) is 0 Å². The standard InChI is InChI=1S/C12H14BrN5/c13-10-7-9(14)5-6-11(10)18-12(15-16-17-18)8-3-1-2-4-8/h5-8H,1-4,14H2. The van der Waals surface area contributed by atoms with Crippen LogP contribution in [-0.4, -0.2) is 20.2 Å². The number of aromatic nitrogens is 4. The molecule has 0 unspecified atom stereocenters. The highest BCUT2D eigenvalue weighted by Crippen LogP contribution is 2.34. The summed E-state index contributed by atoms with van der Waals surface area (Å²) in [6, 6.07) is 5.67. The summed E-state index contributed by atoms with van der Waals surface area (Å²) in [5, 5.41) is 12.1. The molecule has 2 aromatic rings. The summed E-state index contributed by atoms with van der Waals surface area (Å²) in [5.74, 6) is 1.43. The molecule has 1 heterocycles. The molecule has 6 heteroatoms. The molecule has 5 nitrogen and oxygen atoms in total. The molecule has 3 rings (SSSR count). The molecular weight excluding hydrogens is 294 g/mol. The molecule has 18 heavy (non-hydrogen) atoms. The molecule has 0 amide bonds. The van der Waals surface area contributed by atoms with Gasteiger partial charge in [0.2, 0.25) is 0 Å². The Hall–Kier alpha value is -1.43. The molecule has 1 aromatic heterocycles. The van der Waals surface area contributed by atoms with Gasteiger partial charge in [0.05, 0.1) is 5.69 Å². The molecule has 1 saturated carbocycles. The van der Waals surface area contributed by atoms with E-state index in [1.54, 1.807) is 0 Å². The van der Waals surface area contributed by atoms with Crippen molar-refractivity contribution in [1.29, 1.82) is 0 Å². The smallest absolute Gasteiger partial charge is 0.159 e. The summed E-state index contributed by atoms with van der Waals surface area (Å²) in [4.78, 5) is 0. The number of hydrogen-bond donors (Lipinski definition) is 1. The van der Waals surface area contributed by atoms with Crippen LogP contribution in [0, 0.1) is 0 Å². The third-order valence-corrected chi connectivity index (χ3v) is 4.05. The Morgan fingerprint density at radius 2 is 2.06 bits per heavy atom. The van der Waals surface area contributed by atoms with Crippen LogP contribution >= 0.6 is 15.9 Å². The zero-order valence-electron chi connectivity index (χ0n) is 9.88. The predicted octanol–water partition coefficient (Wildman–Crippen LogP) is 2.66. The van der Waals surface area contributed by atoms with Crippen LogP contribution in [0.2, 0.25) is 0 Å². The zero-order valence-corrected chi connectivity index (χ0v) is 11.5. The summed E-state index contributed by atoms with van der Waals surface area (Å²) in [7, 11) is 0. The van der Waals surface area contributed by atoms with Gasteiger partial charge >= 0.3 is 0 Å². The maximum Gasteiger partial charge on any atom is 0.159 e. The molecule has 1 fully saturated rings. The van der Waals surface area contributed by atoms with Crippen molar-refractivity contribution < 1.29 is 0 Å². The fourth-order valence-electron chi connectivity index (χ4n) is 2.50. The van der Waals surface area contributed by atoms with Gasteiger partial charge in [-0.3, -0.25) is 0 Å². The quantitative estimate of drug-likeness (QED) is 0.866. The van der Waals surface area contributed by atoms with Gasteiger partial charge in [0, 0.05) is 16.1 Å². The molecule has 0 bridgehead atoms. The largest absolute Gasteiger partial charge is 0.399 e. The Kier molecular flexibility index (Phi) is 3.03. The summed E-state index contributed by atoms with van der Waals surface area (Å²) in [5.41, 5.74) is 7.41. The van der Waals surface area contributed by atoms with Crippen LogP contribution in [0.5, 0.6) is 0 Å². The molecule has 0 spiro atoms. The molecule has 1 aromatic carbocycles. The van der Waals surface area contributed by atoms with Crippen LogP contribution in [0.3, 0.4) is 0 Å². The van der Waals surface area contributed by atoms with E-state index in [1.165, 1.54) is 25.7 Å². The maximum atomic E-state index is 5.75. The Morgan fingerprint density at radius 1 is 1.28 bits per heavy atom. The van der Waals surface area contributed by atoms with E-state index in [2.05, 4.69) is 31.5 Å². The van der Waals surface area contributed by atoms with Crippen LogP contribution in [0.4, 0.5) is 5.69 Å². The second kappa shape index (κ2) is 4.68. The number of anilines is 1. The van der Waals surface area contributed by atoms with Gasteiger partial charge < -0.3 is 5.73 Å². The minimum Gasteiger partial charge on any atom is -0.399 e. The number of tetrazole rings is 1. The van der Waals surface area contributed by atoms with E-state index < -0.39 is 0 Å². The first kappa shape index (κ1) is 11.6. The maximum absolute atomic E-state index is 5.75. The highest BCUT2D eigenvalue weighted by atomic mass is 79.9. The highest BCUT2D eigenvalue weighted by Gasteiger charge is 2.24. The first-order valence-electron chi connectivity index (χ1n) is 6.09. The normalized spacial score (nSPS) is 16.3. The van der Waals surface area contributed by atoms with Crippen molar-refractivity contribution in [3.63, 3.8) is 0 Å². The minimum absolute atomic E-state index is 0.476. The highest BCUT2D eigenvalue weighted by molar-refractivity contribution is 9.10. The molecule has 0 aliphatic heterocycles. The van der Waals surface area contributed by atoms with Crippen LogP contribution in [0.1, 0.15) is 37.4 Å². The predicted molar refractivity (Wildman–Crippen MR) is 72.5 cm³/mol. The summed E-state index contributed by atoms with van der Waals surface area (Å²) >= 11 is 3.51. The Morgan fingerprint density at radius 3 is 2.78 bits per heavy atom. The topological polar surface area (TPSA) is 69.6 Å². The number of benzene rings is 1. The molecule has 0 saturated heterocycles. The first-order chi connectivity index (χ1) is 8.75. The van der Waals surface area contributed by atoms with Crippen molar-refractivity contribution in [2.75, 3.05) is 5.73 Å². The lowest BCUT2D eigenvalue weighted by atomic mass is 10.1. The lowest BCUT2D eigenvalue weighted by Crippen LogP contribution is -2.07. The molecular formula is C12H14BrN5. The van der Waals surface area contributed by atoms with E-state index >= 15 is 0 Å². The summed E-state index contributed by atoms with van der Waals surface area (Å²) in [6.45, 7) is 0. The monoisotopic (exact) mass is 307 g/mol. The average Bonchev–Trinajstić information content (AvgIpc) is 2.98. The number of hydrogen-bond acceptors (Lipinski definition) is 4. The van der Waals surface area contributed by atoms with Gasteiger partial charge in [0.1, 0.15) is 0 Å². The van der Waals surface area contributed by atoms with E-state index in [-0.39, 0.29) is 0 Å². The van der Waals surface area contributed by atoms with Crippen molar-refractivity contribution in [2.45, 2.75) is 31.6 Å². The average molecular weight is 308 g/mol. The van der Waals surface area contributed by atoms with E-state index in [9.17, 15) is 0 Å². The molecule has 1 aliphatic carbocycles. The molecule has 94 valence electrons. The van der Waals surface area contributed by atoms with Gasteiger partial charge in [-0.25, -0.2) is 0 Å². The van der Waals surface area contributed by atoms with Crippen molar-refractivity contribution in [2.24, 2.45) is 0 Å². The summed E-state index contributed by atoms with van der Waals surface area (Å²) in [6.07, 6.45) is 4.88. The number of rotatable bonds is 2. The molecule has 1 aliphatic rings. The van der Waals surface area contributed by atoms with Crippen LogP contribution < -0.4 is 5.73 Å². The Bertz CT molecular complexity index is 559. The van der Waals surface area contributed by atoms with Crippen LogP contribution in [0.25, 0.3) is 5.69 Å². The van der Waals surface area contributed by atoms with Gasteiger partial charge in [-0.05, 0) is 57.4 Å². The van der Waals surface area contributed by atoms with Gasteiger partial charge in [-0.2, -0.15) is 4.68 Å². The number of halogens is 1. The molecule has 2 N–H and O–H groups in total. The lowest BCUT2D eigenvalue weighted by Gasteiger charge is -2.11. The second-order valence-corrected chi connectivity index (χ2v) is 5.50. The second-order valence-electron chi connectivity index (χ2n) is 4.64. The number of nitrogens with zero attached hydrogens (tertiary/aromatic N) is 4. The fraction of sp³-hybridized carbons (Fsp3) is 0.417. The van der Waals surface area contributed by atoms with Crippen molar-refractivity contribution in [3.8, 4) is 5.69 Å². The van der Waals surface area contributed by atoms with Crippen LogP contribution in [0.15, 0.2) is 22.7 Å². The fourth-order valence-corrected chi connectivity index (χ4v) is 3.06. The Labute approximate surface area is 113 Å². The third kappa shape index (κ3) is 2.01. The van der Waals surface area contributed by atoms with E-state index in [1.807, 2.05) is 22.9 Å². The van der Waals surface area contributed by atoms with Gasteiger partial charge in [-0.15, -0.1) is 5.10 Å². The molecule has 0 radical (unpaired) electrons. The summed E-state index contributed by atoms with van der Waals surface area (Å²) < 4.78 is 2.73. The van der Waals surface area contributed by atoms with Crippen LogP contribution in [-0.2, 0) is 0 Å². The van der Waals surface area contributed by atoms with Crippen molar-refractivity contribution >= 4 is 21.6 Å². The van der Waals surface area contributed by atoms with Gasteiger partial charge in [-0.1, -0.05) is 12.8 Å². The van der Waals surface area contributed by atoms with E-state index in [4.69, 9.17) is 5.73 Å². The van der Waals surface area contributed by atoms with Crippen molar-refractivity contribution in [1.82, 2.24) is 20.2 Å². The molecule has 0 atom stereocenters. The zero-order chi connectivity index (χ0) is 12.5. The van der Waals surface area contributed by atoms with E-state index in [0.29, 0.717) is 5.92 Å². The lowest BCUT2D eigenvalue weighted by molar-refractivity contribution is 0.635. The van der Waals surface area contributed by atoms with Gasteiger partial charge in [0.15, 0.2) is 5.82 Å². The number of nitrogen functional groups attached to an aromatic ring is 1. The minimum atomic E-state index is 0.476. The SMILES string of the molecule is Nc1ccc(-n2nnnc2C2CCCC2)c(Br)c1. The third-order valence-electron chi connectivity index (χ3n) is 3.41. The number of nitrogens with two attached hydrogens (primary N) is 1. The van der Waals surface area contributed by atoms with E-state index in [0.717, 1.165) is 21.7 Å². The Balaban J connectivity index is 2.03. The first-order valence-corrected chi connectivity index (χ1v) is 6.88. The van der Waals surface area contributed by atoms with Crippen molar-refractivity contribution in [3.05, 3.63) is 28.5 Å².